The van der Waals surface area contributed by atoms with Crippen molar-refractivity contribution in [2.24, 2.45) is 5.73 Å². The van der Waals surface area contributed by atoms with Crippen LogP contribution in [0.15, 0.2) is 12.1 Å². The summed E-state index contributed by atoms with van der Waals surface area (Å²) >= 11 is 1.38. The molecule has 2 rings (SSSR count). The van der Waals surface area contributed by atoms with Gasteiger partial charge in [-0.15, -0.1) is 5.10 Å². The first-order valence-electron chi connectivity index (χ1n) is 5.39. The van der Waals surface area contributed by atoms with Crippen LogP contribution in [-0.2, 0) is 6.54 Å². The zero-order valence-electron chi connectivity index (χ0n) is 10.2. The van der Waals surface area contributed by atoms with E-state index < -0.39 is 0 Å². The van der Waals surface area contributed by atoms with Crippen LogP contribution in [0.4, 0.5) is 0 Å². The Labute approximate surface area is 104 Å². The van der Waals surface area contributed by atoms with Crippen LogP contribution in [0.2, 0.25) is 0 Å². The van der Waals surface area contributed by atoms with E-state index in [1.807, 2.05) is 19.9 Å². The lowest BCUT2D eigenvalue weighted by atomic mass is 10.1. The van der Waals surface area contributed by atoms with Crippen molar-refractivity contribution in [3.63, 3.8) is 0 Å². The maximum atomic E-state index is 5.79. The largest absolute Gasteiger partial charge is 0.429 e. The highest BCUT2D eigenvalue weighted by Gasteiger charge is 2.10. The Morgan fingerprint density at radius 3 is 2.53 bits per heavy atom. The molecule has 0 aliphatic carbocycles. The number of aryl methyl sites for hydroxylation is 2. The normalized spacial score (nSPS) is 10.6. The van der Waals surface area contributed by atoms with Crippen LogP contribution in [-0.4, -0.2) is 10.2 Å². The average Bonchev–Trinajstić information content (AvgIpc) is 2.77. The lowest BCUT2D eigenvalue weighted by Crippen LogP contribution is -1.94. The van der Waals surface area contributed by atoms with Crippen molar-refractivity contribution in [1.29, 1.82) is 0 Å². The molecule has 1 aromatic heterocycles. The van der Waals surface area contributed by atoms with Crippen molar-refractivity contribution >= 4 is 11.3 Å². The molecule has 4 nitrogen and oxygen atoms in total. The minimum atomic E-state index is 0.396. The molecule has 0 bridgehead atoms. The molecule has 0 fully saturated rings. The summed E-state index contributed by atoms with van der Waals surface area (Å²) in [5.41, 5.74) is 8.92. The number of hydrogen-bond acceptors (Lipinski definition) is 5. The fraction of sp³-hybridized carbons (Fsp3) is 0.333. The molecule has 0 spiro atoms. The number of nitrogens with two attached hydrogens (primary N) is 1. The molecule has 0 aliphatic heterocycles. The Morgan fingerprint density at radius 2 is 1.88 bits per heavy atom. The predicted octanol–water partition coefficient (Wildman–Crippen LogP) is 2.71. The van der Waals surface area contributed by atoms with Gasteiger partial charge in [-0.25, -0.2) is 0 Å². The van der Waals surface area contributed by atoms with Gasteiger partial charge in [0.05, 0.1) is 0 Å². The Kier molecular flexibility index (Phi) is 3.40. The van der Waals surface area contributed by atoms with Gasteiger partial charge in [0, 0.05) is 6.54 Å². The number of hydrogen-bond donors (Lipinski definition) is 1. The summed E-state index contributed by atoms with van der Waals surface area (Å²) in [5, 5.41) is 9.22. The van der Waals surface area contributed by atoms with E-state index in [-0.39, 0.29) is 0 Å². The topological polar surface area (TPSA) is 61.0 Å². The molecule has 0 saturated heterocycles. The van der Waals surface area contributed by atoms with Crippen molar-refractivity contribution in [3.8, 4) is 10.9 Å². The van der Waals surface area contributed by atoms with Crippen LogP contribution in [0.1, 0.15) is 21.7 Å². The van der Waals surface area contributed by atoms with Gasteiger partial charge in [-0.05, 0) is 37.5 Å². The lowest BCUT2D eigenvalue weighted by Gasteiger charge is -2.10. The van der Waals surface area contributed by atoms with E-state index in [0.717, 1.165) is 21.9 Å². The molecular weight excluding hydrogens is 234 g/mol. The highest BCUT2D eigenvalue weighted by atomic mass is 32.1. The fourth-order valence-corrected chi connectivity index (χ4v) is 2.11. The molecule has 2 aromatic rings. The first-order chi connectivity index (χ1) is 8.11. The summed E-state index contributed by atoms with van der Waals surface area (Å²) in [7, 11) is 0. The zero-order chi connectivity index (χ0) is 12.4. The van der Waals surface area contributed by atoms with Crippen molar-refractivity contribution in [2.45, 2.75) is 27.3 Å². The molecule has 0 aliphatic rings. The summed E-state index contributed by atoms with van der Waals surface area (Å²) < 4.78 is 5.79. The standard InChI is InChI=1S/C12H15N3OS/c1-7-4-5-8(2)11(9(7)3)16-12-15-14-10(6-13)17-12/h4-5H,6,13H2,1-3H3. The van der Waals surface area contributed by atoms with Crippen LogP contribution in [0.3, 0.4) is 0 Å². The van der Waals surface area contributed by atoms with Crippen molar-refractivity contribution in [3.05, 3.63) is 33.8 Å². The van der Waals surface area contributed by atoms with Gasteiger partial charge in [-0.3, -0.25) is 0 Å². The van der Waals surface area contributed by atoms with E-state index in [9.17, 15) is 0 Å². The quantitative estimate of drug-likeness (QED) is 0.908. The zero-order valence-corrected chi connectivity index (χ0v) is 11.0. The maximum Gasteiger partial charge on any atom is 0.299 e. The third-order valence-corrected chi connectivity index (χ3v) is 3.51. The third-order valence-electron chi connectivity index (χ3n) is 2.69. The molecule has 0 unspecified atom stereocenters. The molecule has 5 heteroatoms. The first-order valence-corrected chi connectivity index (χ1v) is 6.20. The minimum absolute atomic E-state index is 0.396. The molecule has 2 N–H and O–H groups in total. The second kappa shape index (κ2) is 4.81. The maximum absolute atomic E-state index is 5.79. The van der Waals surface area contributed by atoms with Crippen LogP contribution < -0.4 is 10.5 Å². The Bertz CT molecular complexity index is 537. The second-order valence-corrected chi connectivity index (χ2v) is 4.95. The van der Waals surface area contributed by atoms with Crippen molar-refractivity contribution in [1.82, 2.24) is 10.2 Å². The molecule has 0 saturated carbocycles. The monoisotopic (exact) mass is 249 g/mol. The molecule has 0 atom stereocenters. The molecule has 0 amide bonds. The molecule has 0 radical (unpaired) electrons. The molecular formula is C12H15N3OS. The third kappa shape index (κ3) is 2.45. The van der Waals surface area contributed by atoms with Crippen LogP contribution in [0.5, 0.6) is 10.9 Å². The molecule has 1 heterocycles. The summed E-state index contributed by atoms with van der Waals surface area (Å²) in [6, 6.07) is 4.13. The Hall–Kier alpha value is -1.46. The van der Waals surface area contributed by atoms with Gasteiger partial charge >= 0.3 is 0 Å². The first kappa shape index (κ1) is 12.0. The van der Waals surface area contributed by atoms with E-state index in [1.165, 1.54) is 16.9 Å². The van der Waals surface area contributed by atoms with E-state index in [1.54, 1.807) is 0 Å². The number of nitrogens with zero attached hydrogens (tertiary/aromatic N) is 2. The van der Waals surface area contributed by atoms with Gasteiger partial charge in [0.15, 0.2) is 0 Å². The fourth-order valence-electron chi connectivity index (χ4n) is 1.53. The van der Waals surface area contributed by atoms with Gasteiger partial charge in [-0.1, -0.05) is 28.6 Å². The molecule has 90 valence electrons. The van der Waals surface area contributed by atoms with Gasteiger partial charge in [0.25, 0.3) is 5.19 Å². The average molecular weight is 249 g/mol. The van der Waals surface area contributed by atoms with Crippen molar-refractivity contribution in [2.75, 3.05) is 0 Å². The Morgan fingerprint density at radius 1 is 1.18 bits per heavy atom. The predicted molar refractivity (Wildman–Crippen MR) is 68.5 cm³/mol. The van der Waals surface area contributed by atoms with Gasteiger partial charge in [0.2, 0.25) is 0 Å². The number of aromatic nitrogens is 2. The number of benzene rings is 1. The van der Waals surface area contributed by atoms with E-state index in [4.69, 9.17) is 10.5 Å². The van der Waals surface area contributed by atoms with Crippen LogP contribution in [0.25, 0.3) is 0 Å². The van der Waals surface area contributed by atoms with Crippen LogP contribution in [0, 0.1) is 20.8 Å². The number of rotatable bonds is 3. The summed E-state index contributed by atoms with van der Waals surface area (Å²) in [6.07, 6.45) is 0. The highest BCUT2D eigenvalue weighted by molar-refractivity contribution is 7.13. The number of ether oxygens (including phenoxy) is 1. The van der Waals surface area contributed by atoms with E-state index in [2.05, 4.69) is 23.2 Å². The summed E-state index contributed by atoms with van der Waals surface area (Å²) in [6.45, 7) is 6.52. The second-order valence-electron chi connectivity index (χ2n) is 3.92. The van der Waals surface area contributed by atoms with Gasteiger partial charge < -0.3 is 10.5 Å². The highest BCUT2D eigenvalue weighted by Crippen LogP contribution is 2.31. The van der Waals surface area contributed by atoms with Gasteiger partial charge in [0.1, 0.15) is 10.8 Å². The van der Waals surface area contributed by atoms with Crippen molar-refractivity contribution < 1.29 is 4.74 Å². The smallest absolute Gasteiger partial charge is 0.299 e. The Balaban J connectivity index is 2.32. The van der Waals surface area contributed by atoms with E-state index >= 15 is 0 Å². The van der Waals surface area contributed by atoms with E-state index in [0.29, 0.717) is 11.7 Å². The molecule has 1 aromatic carbocycles. The minimum Gasteiger partial charge on any atom is -0.429 e. The van der Waals surface area contributed by atoms with Crippen LogP contribution >= 0.6 is 11.3 Å². The summed E-state index contributed by atoms with van der Waals surface area (Å²) in [5.74, 6) is 0.865. The summed E-state index contributed by atoms with van der Waals surface area (Å²) in [4.78, 5) is 0. The SMILES string of the molecule is Cc1ccc(C)c(Oc2nnc(CN)s2)c1C. The van der Waals surface area contributed by atoms with Gasteiger partial charge in [-0.2, -0.15) is 0 Å². The lowest BCUT2D eigenvalue weighted by molar-refractivity contribution is 0.465. The molecule has 17 heavy (non-hydrogen) atoms.